The van der Waals surface area contributed by atoms with Gasteiger partial charge in [0.25, 0.3) is 0 Å². The van der Waals surface area contributed by atoms with Gasteiger partial charge in [-0.3, -0.25) is 4.79 Å². The van der Waals surface area contributed by atoms with E-state index in [0.717, 1.165) is 25.1 Å². The van der Waals surface area contributed by atoms with E-state index < -0.39 is 0 Å². The largest absolute Gasteiger partial charge is 0.495 e. The maximum absolute atomic E-state index is 12.5. The quantitative estimate of drug-likeness (QED) is 0.836. The van der Waals surface area contributed by atoms with Gasteiger partial charge in [-0.2, -0.15) is 0 Å². The predicted octanol–water partition coefficient (Wildman–Crippen LogP) is 2.74. The average molecular weight is 340 g/mol. The topological polar surface area (TPSA) is 67.6 Å². The zero-order valence-corrected chi connectivity index (χ0v) is 14.6. The smallest absolute Gasteiger partial charge is 0.224 e. The average Bonchev–Trinajstić information content (AvgIpc) is 2.54. The number of nitrogens with zero attached hydrogens (tertiary/aromatic N) is 1. The Morgan fingerprint density at radius 3 is 3.00 bits per heavy atom. The van der Waals surface area contributed by atoms with Gasteiger partial charge in [-0.05, 0) is 37.0 Å². The normalized spacial score (nSPS) is 21.1. The summed E-state index contributed by atoms with van der Waals surface area (Å²) in [6.45, 7) is 4.10. The first-order chi connectivity index (χ1) is 11.0. The van der Waals surface area contributed by atoms with Crippen molar-refractivity contribution in [1.82, 2.24) is 4.90 Å². The Kier molecular flexibility index (Phi) is 6.54. The number of likely N-dealkylation sites (tertiary alicyclic amines) is 1. The summed E-state index contributed by atoms with van der Waals surface area (Å²) in [5, 5.41) is 3.86. The number of piperidine rings is 1. The molecule has 2 rings (SSSR count). The van der Waals surface area contributed by atoms with Crippen LogP contribution in [0.3, 0.4) is 0 Å². The molecule has 0 aromatic heterocycles. The molecule has 1 heterocycles. The van der Waals surface area contributed by atoms with E-state index in [-0.39, 0.29) is 11.9 Å². The molecule has 5 nitrogen and oxygen atoms in total. The third-order valence-electron chi connectivity index (χ3n) is 4.39. The lowest BCUT2D eigenvalue weighted by Crippen LogP contribution is -2.49. The van der Waals surface area contributed by atoms with E-state index in [9.17, 15) is 4.79 Å². The van der Waals surface area contributed by atoms with E-state index in [4.69, 9.17) is 22.1 Å². The van der Waals surface area contributed by atoms with Crippen molar-refractivity contribution in [2.24, 2.45) is 11.7 Å². The van der Waals surface area contributed by atoms with Crippen LogP contribution in [-0.2, 0) is 4.79 Å². The van der Waals surface area contributed by atoms with E-state index >= 15 is 0 Å². The van der Waals surface area contributed by atoms with Gasteiger partial charge >= 0.3 is 0 Å². The first kappa shape index (κ1) is 17.9. The molecule has 1 aromatic carbocycles. The van der Waals surface area contributed by atoms with Crippen LogP contribution in [0, 0.1) is 5.92 Å². The molecule has 0 aliphatic carbocycles. The van der Waals surface area contributed by atoms with Gasteiger partial charge in [0.1, 0.15) is 5.75 Å². The van der Waals surface area contributed by atoms with E-state index in [0.29, 0.717) is 36.2 Å². The third-order valence-corrected chi connectivity index (χ3v) is 4.62. The Balaban J connectivity index is 1.88. The standard InChI is InChI=1S/C17H26ClN3O2/c1-12-6-8-21(14(9-12)11-19)17(22)5-7-20-15-10-13(18)3-4-16(15)23-2/h3-4,10,12,14,20H,5-9,11,19H2,1-2H3. The van der Waals surface area contributed by atoms with E-state index in [2.05, 4.69) is 12.2 Å². The van der Waals surface area contributed by atoms with Gasteiger partial charge in [-0.25, -0.2) is 0 Å². The highest BCUT2D eigenvalue weighted by molar-refractivity contribution is 6.30. The minimum Gasteiger partial charge on any atom is -0.495 e. The number of hydrogen-bond acceptors (Lipinski definition) is 4. The minimum absolute atomic E-state index is 0.154. The summed E-state index contributed by atoms with van der Waals surface area (Å²) >= 11 is 6.00. The molecule has 1 aromatic rings. The fourth-order valence-electron chi connectivity index (χ4n) is 3.07. The fourth-order valence-corrected chi connectivity index (χ4v) is 3.24. The number of amides is 1. The summed E-state index contributed by atoms with van der Waals surface area (Å²) in [6, 6.07) is 5.56. The summed E-state index contributed by atoms with van der Waals surface area (Å²) in [4.78, 5) is 14.4. The summed E-state index contributed by atoms with van der Waals surface area (Å²) in [6.07, 6.45) is 2.48. The molecule has 1 aliphatic rings. The number of hydrogen-bond donors (Lipinski definition) is 2. The van der Waals surface area contributed by atoms with Crippen molar-refractivity contribution in [2.45, 2.75) is 32.2 Å². The van der Waals surface area contributed by atoms with Crippen molar-refractivity contribution < 1.29 is 9.53 Å². The highest BCUT2D eigenvalue weighted by Gasteiger charge is 2.28. The van der Waals surface area contributed by atoms with E-state index in [1.807, 2.05) is 11.0 Å². The van der Waals surface area contributed by atoms with Crippen LogP contribution < -0.4 is 15.8 Å². The molecule has 1 aliphatic heterocycles. The van der Waals surface area contributed by atoms with Gasteiger partial charge in [0.2, 0.25) is 5.91 Å². The number of rotatable bonds is 6. The van der Waals surface area contributed by atoms with Crippen LogP contribution in [0.1, 0.15) is 26.2 Å². The van der Waals surface area contributed by atoms with Crippen molar-refractivity contribution in [3.8, 4) is 5.75 Å². The monoisotopic (exact) mass is 339 g/mol. The number of nitrogens with one attached hydrogen (secondary N) is 1. The van der Waals surface area contributed by atoms with Gasteiger partial charge in [-0.1, -0.05) is 18.5 Å². The zero-order valence-electron chi connectivity index (χ0n) is 13.8. The van der Waals surface area contributed by atoms with Crippen molar-refractivity contribution >= 4 is 23.2 Å². The molecule has 0 radical (unpaired) electrons. The number of halogens is 1. The van der Waals surface area contributed by atoms with Gasteiger partial charge in [0.15, 0.2) is 0 Å². The van der Waals surface area contributed by atoms with Gasteiger partial charge < -0.3 is 20.7 Å². The molecule has 3 N–H and O–H groups in total. The second-order valence-electron chi connectivity index (χ2n) is 6.13. The molecule has 1 saturated heterocycles. The molecule has 1 amide bonds. The Morgan fingerprint density at radius 2 is 2.30 bits per heavy atom. The van der Waals surface area contributed by atoms with Crippen LogP contribution in [0.5, 0.6) is 5.75 Å². The number of carbonyl (C=O) groups excluding carboxylic acids is 1. The summed E-state index contributed by atoms with van der Waals surface area (Å²) < 4.78 is 5.29. The lowest BCUT2D eigenvalue weighted by molar-refractivity contribution is -0.135. The minimum atomic E-state index is 0.154. The second kappa shape index (κ2) is 8.41. The number of ether oxygens (including phenoxy) is 1. The second-order valence-corrected chi connectivity index (χ2v) is 6.56. The van der Waals surface area contributed by atoms with Crippen LogP contribution in [0.2, 0.25) is 5.02 Å². The molecule has 2 unspecified atom stereocenters. The zero-order chi connectivity index (χ0) is 16.8. The number of benzene rings is 1. The van der Waals surface area contributed by atoms with Crippen molar-refractivity contribution in [1.29, 1.82) is 0 Å². The molecular formula is C17H26ClN3O2. The van der Waals surface area contributed by atoms with Crippen LogP contribution in [-0.4, -0.2) is 43.6 Å². The number of nitrogens with two attached hydrogens (primary N) is 1. The number of anilines is 1. The van der Waals surface area contributed by atoms with Gasteiger partial charge in [0.05, 0.1) is 12.8 Å². The molecule has 23 heavy (non-hydrogen) atoms. The van der Waals surface area contributed by atoms with Crippen molar-refractivity contribution in [3.05, 3.63) is 23.2 Å². The predicted molar refractivity (Wildman–Crippen MR) is 94.1 cm³/mol. The third kappa shape index (κ3) is 4.75. The van der Waals surface area contributed by atoms with E-state index in [1.165, 1.54) is 0 Å². The van der Waals surface area contributed by atoms with Crippen LogP contribution >= 0.6 is 11.6 Å². The van der Waals surface area contributed by atoms with Crippen LogP contribution in [0.4, 0.5) is 5.69 Å². The summed E-state index contributed by atoms with van der Waals surface area (Å²) in [5.41, 5.74) is 6.63. The highest BCUT2D eigenvalue weighted by Crippen LogP contribution is 2.28. The molecule has 0 bridgehead atoms. The van der Waals surface area contributed by atoms with Gasteiger partial charge in [-0.15, -0.1) is 0 Å². The molecule has 0 spiro atoms. The molecule has 6 heteroatoms. The SMILES string of the molecule is COc1ccc(Cl)cc1NCCC(=O)N1CCC(C)CC1CN. The van der Waals surface area contributed by atoms with Crippen molar-refractivity contribution in [3.63, 3.8) is 0 Å². The molecule has 0 saturated carbocycles. The molecular weight excluding hydrogens is 314 g/mol. The number of carbonyl (C=O) groups is 1. The maximum Gasteiger partial charge on any atom is 0.224 e. The summed E-state index contributed by atoms with van der Waals surface area (Å²) in [7, 11) is 1.61. The molecule has 128 valence electrons. The first-order valence-electron chi connectivity index (χ1n) is 8.12. The van der Waals surface area contributed by atoms with Crippen LogP contribution in [0.25, 0.3) is 0 Å². The Labute approximate surface area is 143 Å². The fraction of sp³-hybridized carbons (Fsp3) is 0.588. The summed E-state index contributed by atoms with van der Waals surface area (Å²) in [5.74, 6) is 1.51. The Hall–Kier alpha value is -1.46. The number of methoxy groups -OCH3 is 1. The van der Waals surface area contributed by atoms with E-state index in [1.54, 1.807) is 19.2 Å². The molecule has 1 fully saturated rings. The highest BCUT2D eigenvalue weighted by atomic mass is 35.5. The van der Waals surface area contributed by atoms with Crippen molar-refractivity contribution in [2.75, 3.05) is 32.1 Å². The Bertz CT molecular complexity index is 539. The first-order valence-corrected chi connectivity index (χ1v) is 8.50. The molecule has 2 atom stereocenters. The lowest BCUT2D eigenvalue weighted by Gasteiger charge is -2.38. The maximum atomic E-state index is 12.5. The lowest BCUT2D eigenvalue weighted by atomic mass is 9.92. The van der Waals surface area contributed by atoms with Crippen LogP contribution in [0.15, 0.2) is 18.2 Å². The van der Waals surface area contributed by atoms with Gasteiger partial charge in [0, 0.05) is 37.1 Å². The Morgan fingerprint density at radius 1 is 1.52 bits per heavy atom.